The van der Waals surface area contributed by atoms with Crippen LogP contribution in [0.3, 0.4) is 0 Å². The number of fused-ring (bicyclic) bond motifs is 1. The van der Waals surface area contributed by atoms with Gasteiger partial charge in [-0.1, -0.05) is 25.0 Å². The molecule has 0 aliphatic carbocycles. The minimum Gasteiger partial charge on any atom is -0.497 e. The summed E-state index contributed by atoms with van der Waals surface area (Å²) < 4.78 is 5.27. The summed E-state index contributed by atoms with van der Waals surface area (Å²) in [4.78, 5) is 31.9. The van der Waals surface area contributed by atoms with Crippen molar-refractivity contribution < 1.29 is 9.53 Å². The minimum absolute atomic E-state index is 0.0531. The van der Waals surface area contributed by atoms with E-state index in [0.717, 1.165) is 37.1 Å². The summed E-state index contributed by atoms with van der Waals surface area (Å²) in [6.45, 7) is 1.23. The molecular weight excluding hydrogens is 368 g/mol. The summed E-state index contributed by atoms with van der Waals surface area (Å²) in [5, 5.41) is 2.96. The first kappa shape index (κ1) is 19.3. The first-order chi connectivity index (χ1) is 14.1. The highest BCUT2D eigenvalue weighted by molar-refractivity contribution is 5.94. The molecule has 1 aliphatic heterocycles. The second kappa shape index (κ2) is 8.53. The monoisotopic (exact) mass is 394 g/mol. The molecule has 3 aromatic rings. The molecule has 1 fully saturated rings. The van der Waals surface area contributed by atoms with Crippen LogP contribution >= 0.6 is 0 Å². The number of ether oxygens (including phenoxy) is 1. The summed E-state index contributed by atoms with van der Waals surface area (Å²) in [5.74, 6) is 0.785. The van der Waals surface area contributed by atoms with Gasteiger partial charge in [-0.25, -0.2) is 4.79 Å². The van der Waals surface area contributed by atoms with Crippen LogP contribution in [-0.4, -0.2) is 41.0 Å². The van der Waals surface area contributed by atoms with Crippen LogP contribution in [0.4, 0.5) is 5.69 Å². The van der Waals surface area contributed by atoms with E-state index < -0.39 is 0 Å². The van der Waals surface area contributed by atoms with Crippen molar-refractivity contribution in [2.24, 2.45) is 0 Å². The molecule has 2 aromatic carbocycles. The number of anilines is 1. The molecule has 0 bridgehead atoms. The summed E-state index contributed by atoms with van der Waals surface area (Å²) in [6, 6.07) is 13.7. The number of aromatic nitrogens is 2. The van der Waals surface area contributed by atoms with Gasteiger partial charge in [0.25, 0.3) is 0 Å². The zero-order valence-electron chi connectivity index (χ0n) is 16.5. The number of methoxy groups -OCH3 is 1. The molecule has 1 amide bonds. The van der Waals surface area contributed by atoms with E-state index in [1.165, 1.54) is 12.0 Å². The Kier molecular flexibility index (Phi) is 5.67. The maximum absolute atomic E-state index is 12.8. The molecule has 1 saturated heterocycles. The van der Waals surface area contributed by atoms with Crippen molar-refractivity contribution in [3.63, 3.8) is 0 Å². The standard InChI is InChI=1S/C22H26N4O3/c1-29-17-9-6-15(7-10-17)20-5-3-2-4-12-26(20)14-21(27)23-16-8-11-18-19(13-16)25-22(28)24-18/h6-11,13,20H,2-5,12,14H2,1H3,(H,23,27)(H2,24,25,28)/t20-/m0/s1. The molecule has 152 valence electrons. The lowest BCUT2D eigenvalue weighted by Gasteiger charge is -2.29. The van der Waals surface area contributed by atoms with Crippen LogP contribution in [0.2, 0.25) is 0 Å². The molecule has 0 saturated carbocycles. The average molecular weight is 394 g/mol. The van der Waals surface area contributed by atoms with Gasteiger partial charge >= 0.3 is 5.69 Å². The average Bonchev–Trinajstić information content (AvgIpc) is 2.93. The van der Waals surface area contributed by atoms with Crippen molar-refractivity contribution in [1.29, 1.82) is 0 Å². The van der Waals surface area contributed by atoms with E-state index in [9.17, 15) is 9.59 Å². The molecule has 0 radical (unpaired) electrons. The van der Waals surface area contributed by atoms with Gasteiger partial charge in [0.15, 0.2) is 0 Å². The molecule has 1 aromatic heterocycles. The van der Waals surface area contributed by atoms with E-state index in [2.05, 4.69) is 32.3 Å². The molecule has 7 heteroatoms. The Hall–Kier alpha value is -3.06. The molecular formula is C22H26N4O3. The number of hydrogen-bond acceptors (Lipinski definition) is 4. The van der Waals surface area contributed by atoms with Crippen LogP contribution in [0.5, 0.6) is 5.75 Å². The molecule has 1 aliphatic rings. The quantitative estimate of drug-likeness (QED) is 0.618. The van der Waals surface area contributed by atoms with Crippen molar-refractivity contribution in [1.82, 2.24) is 14.9 Å². The first-order valence-electron chi connectivity index (χ1n) is 10.0. The number of imidazole rings is 1. The van der Waals surface area contributed by atoms with Crippen molar-refractivity contribution in [2.75, 3.05) is 25.5 Å². The highest BCUT2D eigenvalue weighted by atomic mass is 16.5. The van der Waals surface area contributed by atoms with Crippen LogP contribution in [0.1, 0.15) is 37.3 Å². The van der Waals surface area contributed by atoms with Crippen LogP contribution < -0.4 is 15.7 Å². The Morgan fingerprint density at radius 3 is 2.69 bits per heavy atom. The summed E-state index contributed by atoms with van der Waals surface area (Å²) in [7, 11) is 1.66. The number of rotatable bonds is 5. The lowest BCUT2D eigenvalue weighted by molar-refractivity contribution is -0.117. The minimum atomic E-state index is -0.254. The number of carbonyl (C=O) groups excluding carboxylic acids is 1. The van der Waals surface area contributed by atoms with Crippen molar-refractivity contribution in [3.05, 3.63) is 58.5 Å². The van der Waals surface area contributed by atoms with E-state index in [1.54, 1.807) is 25.3 Å². The number of carbonyl (C=O) groups is 1. The molecule has 3 N–H and O–H groups in total. The second-order valence-electron chi connectivity index (χ2n) is 7.50. The molecule has 0 unspecified atom stereocenters. The maximum Gasteiger partial charge on any atom is 0.323 e. The highest BCUT2D eigenvalue weighted by Gasteiger charge is 2.24. The van der Waals surface area contributed by atoms with Crippen LogP contribution in [-0.2, 0) is 4.79 Å². The summed E-state index contributed by atoms with van der Waals surface area (Å²) >= 11 is 0. The van der Waals surface area contributed by atoms with Crippen molar-refractivity contribution >= 4 is 22.6 Å². The fourth-order valence-electron chi connectivity index (χ4n) is 4.06. The zero-order valence-corrected chi connectivity index (χ0v) is 16.5. The van der Waals surface area contributed by atoms with Gasteiger partial charge < -0.3 is 20.0 Å². The SMILES string of the molecule is COc1ccc([C@@H]2CCCCCN2CC(=O)Nc2ccc3[nH]c(=O)[nH]c3c2)cc1. The van der Waals surface area contributed by atoms with Gasteiger partial charge in [0.1, 0.15) is 5.75 Å². The summed E-state index contributed by atoms with van der Waals surface area (Å²) in [5.41, 5.74) is 3.04. The number of benzene rings is 2. The van der Waals surface area contributed by atoms with E-state index in [4.69, 9.17) is 4.74 Å². The van der Waals surface area contributed by atoms with Gasteiger partial charge in [-0.3, -0.25) is 9.69 Å². The number of aromatic amines is 2. The third-order valence-electron chi connectivity index (χ3n) is 5.51. The third-order valence-corrected chi connectivity index (χ3v) is 5.51. The Morgan fingerprint density at radius 1 is 1.10 bits per heavy atom. The molecule has 29 heavy (non-hydrogen) atoms. The molecule has 2 heterocycles. The zero-order chi connectivity index (χ0) is 20.2. The molecule has 4 rings (SSSR count). The van der Waals surface area contributed by atoms with E-state index in [1.807, 2.05) is 12.1 Å². The van der Waals surface area contributed by atoms with Gasteiger partial charge in [-0.2, -0.15) is 0 Å². The maximum atomic E-state index is 12.8. The summed E-state index contributed by atoms with van der Waals surface area (Å²) in [6.07, 6.45) is 4.47. The number of nitrogens with zero attached hydrogens (tertiary/aromatic N) is 1. The van der Waals surface area contributed by atoms with Crippen LogP contribution in [0.25, 0.3) is 11.0 Å². The van der Waals surface area contributed by atoms with E-state index in [0.29, 0.717) is 17.7 Å². The van der Waals surface area contributed by atoms with E-state index in [-0.39, 0.29) is 17.6 Å². The first-order valence-corrected chi connectivity index (χ1v) is 10.0. The van der Waals surface area contributed by atoms with Crippen LogP contribution in [0, 0.1) is 0 Å². The van der Waals surface area contributed by atoms with E-state index >= 15 is 0 Å². The number of amides is 1. The number of H-pyrrole nitrogens is 2. The lowest BCUT2D eigenvalue weighted by atomic mass is 10.0. The van der Waals surface area contributed by atoms with Gasteiger partial charge in [0.2, 0.25) is 5.91 Å². The van der Waals surface area contributed by atoms with Crippen molar-refractivity contribution in [2.45, 2.75) is 31.7 Å². The number of nitrogens with one attached hydrogen (secondary N) is 3. The van der Waals surface area contributed by atoms with Gasteiger partial charge in [0, 0.05) is 11.7 Å². The Balaban J connectivity index is 1.47. The molecule has 0 spiro atoms. The number of likely N-dealkylation sites (tertiary alicyclic amines) is 1. The fraction of sp³-hybridized carbons (Fsp3) is 0.364. The highest BCUT2D eigenvalue weighted by Crippen LogP contribution is 2.31. The van der Waals surface area contributed by atoms with Gasteiger partial charge in [-0.05, 0) is 55.3 Å². The number of hydrogen-bond donors (Lipinski definition) is 3. The van der Waals surface area contributed by atoms with Gasteiger partial charge in [0.05, 0.1) is 24.7 Å². The topological polar surface area (TPSA) is 90.2 Å². The third kappa shape index (κ3) is 4.51. The fourth-order valence-corrected chi connectivity index (χ4v) is 4.06. The van der Waals surface area contributed by atoms with Crippen LogP contribution in [0.15, 0.2) is 47.3 Å². The normalized spacial score (nSPS) is 17.8. The largest absolute Gasteiger partial charge is 0.497 e. The molecule has 7 nitrogen and oxygen atoms in total. The Bertz CT molecular complexity index is 1040. The Morgan fingerprint density at radius 2 is 1.90 bits per heavy atom. The Labute approximate surface area is 169 Å². The second-order valence-corrected chi connectivity index (χ2v) is 7.50. The lowest BCUT2D eigenvalue weighted by Crippen LogP contribution is -2.36. The smallest absolute Gasteiger partial charge is 0.323 e. The van der Waals surface area contributed by atoms with Crippen molar-refractivity contribution in [3.8, 4) is 5.75 Å². The predicted molar refractivity (Wildman–Crippen MR) is 113 cm³/mol. The van der Waals surface area contributed by atoms with Gasteiger partial charge in [-0.15, -0.1) is 0 Å². The molecule has 1 atom stereocenters. The predicted octanol–water partition coefficient (Wildman–Crippen LogP) is 3.42.